The quantitative estimate of drug-likeness (QED) is 0.403. The van der Waals surface area contributed by atoms with Crippen LogP contribution in [-0.2, 0) is 16.2 Å². The number of hydrogen-bond acceptors (Lipinski definition) is 5. The van der Waals surface area contributed by atoms with E-state index >= 15 is 0 Å². The topological polar surface area (TPSA) is 57.1 Å². The van der Waals surface area contributed by atoms with Gasteiger partial charge >= 0.3 is 5.97 Å². The average molecular weight is 420 g/mol. The summed E-state index contributed by atoms with van der Waals surface area (Å²) in [7, 11) is 1.56. The standard InChI is InChI=1S/C24H18ClNO4/c1-28-22-14-16(11-12-21(22)29-15-18-9-5-6-10-20(18)25)13-19-23(26-30-24(19)27)17-7-3-2-4-8-17/h2-14H,15H2,1H3. The SMILES string of the molecule is COc1cc(C=C2C(=O)ON=C2c2ccccc2)ccc1OCc1ccccc1Cl. The Bertz CT molecular complexity index is 1140. The van der Waals surface area contributed by atoms with Gasteiger partial charge < -0.3 is 14.3 Å². The van der Waals surface area contributed by atoms with Crippen LogP contribution < -0.4 is 9.47 Å². The van der Waals surface area contributed by atoms with Crippen LogP contribution in [0.1, 0.15) is 16.7 Å². The molecule has 0 amide bonds. The molecule has 3 aromatic rings. The number of hydrogen-bond donors (Lipinski definition) is 0. The van der Waals surface area contributed by atoms with E-state index in [1.807, 2.05) is 60.7 Å². The monoisotopic (exact) mass is 419 g/mol. The van der Waals surface area contributed by atoms with Gasteiger partial charge in [0.05, 0.1) is 12.7 Å². The molecule has 3 aromatic carbocycles. The van der Waals surface area contributed by atoms with Crippen LogP contribution in [-0.4, -0.2) is 18.8 Å². The normalized spacial score (nSPS) is 14.4. The minimum atomic E-state index is -0.494. The van der Waals surface area contributed by atoms with E-state index in [1.54, 1.807) is 25.3 Å². The Morgan fingerprint density at radius 2 is 1.77 bits per heavy atom. The van der Waals surface area contributed by atoms with Gasteiger partial charge in [-0.3, -0.25) is 0 Å². The van der Waals surface area contributed by atoms with Gasteiger partial charge in [0.1, 0.15) is 12.3 Å². The third-order valence-electron chi connectivity index (χ3n) is 4.58. The van der Waals surface area contributed by atoms with Gasteiger partial charge in [-0.05, 0) is 29.8 Å². The van der Waals surface area contributed by atoms with Gasteiger partial charge in [0.15, 0.2) is 11.5 Å². The lowest BCUT2D eigenvalue weighted by Gasteiger charge is -2.12. The van der Waals surface area contributed by atoms with Gasteiger partial charge in [-0.1, -0.05) is 71.4 Å². The fourth-order valence-electron chi connectivity index (χ4n) is 3.04. The maximum absolute atomic E-state index is 12.2. The van der Waals surface area contributed by atoms with Gasteiger partial charge in [0.2, 0.25) is 0 Å². The first-order valence-corrected chi connectivity index (χ1v) is 9.64. The maximum Gasteiger partial charge on any atom is 0.368 e. The van der Waals surface area contributed by atoms with E-state index < -0.39 is 5.97 Å². The van der Waals surface area contributed by atoms with E-state index in [1.165, 1.54) is 0 Å². The molecular weight excluding hydrogens is 402 g/mol. The summed E-state index contributed by atoms with van der Waals surface area (Å²) in [5.74, 6) is 0.623. The molecule has 0 N–H and O–H groups in total. The first kappa shape index (κ1) is 19.7. The van der Waals surface area contributed by atoms with Crippen LogP contribution in [0.4, 0.5) is 0 Å². The predicted molar refractivity (Wildman–Crippen MR) is 116 cm³/mol. The molecule has 0 radical (unpaired) electrons. The van der Waals surface area contributed by atoms with E-state index in [0.29, 0.717) is 34.4 Å². The van der Waals surface area contributed by atoms with Crippen LogP contribution in [0, 0.1) is 0 Å². The highest BCUT2D eigenvalue weighted by Gasteiger charge is 2.26. The molecule has 0 aliphatic carbocycles. The van der Waals surface area contributed by atoms with E-state index in [-0.39, 0.29) is 0 Å². The molecule has 6 heteroatoms. The van der Waals surface area contributed by atoms with Crippen molar-refractivity contribution in [3.05, 3.63) is 100 Å². The number of rotatable bonds is 6. The molecule has 0 atom stereocenters. The van der Waals surface area contributed by atoms with Gasteiger partial charge in [-0.2, -0.15) is 0 Å². The van der Waals surface area contributed by atoms with Crippen LogP contribution >= 0.6 is 11.6 Å². The first-order chi connectivity index (χ1) is 14.7. The molecule has 4 rings (SSSR count). The van der Waals surface area contributed by atoms with Crippen molar-refractivity contribution in [1.29, 1.82) is 0 Å². The minimum absolute atomic E-state index is 0.313. The van der Waals surface area contributed by atoms with E-state index in [0.717, 1.165) is 16.7 Å². The zero-order valence-corrected chi connectivity index (χ0v) is 16.9. The molecule has 0 saturated carbocycles. The van der Waals surface area contributed by atoms with Crippen LogP contribution in [0.15, 0.2) is 83.5 Å². The lowest BCUT2D eigenvalue weighted by atomic mass is 10.0. The number of nitrogens with zero attached hydrogens (tertiary/aromatic N) is 1. The zero-order valence-electron chi connectivity index (χ0n) is 16.2. The van der Waals surface area contributed by atoms with Crippen molar-refractivity contribution >= 4 is 29.4 Å². The molecule has 1 heterocycles. The summed E-state index contributed by atoms with van der Waals surface area (Å²) < 4.78 is 11.4. The van der Waals surface area contributed by atoms with E-state index in [9.17, 15) is 4.79 Å². The molecular formula is C24H18ClNO4. The number of carbonyl (C=O) groups is 1. The number of halogens is 1. The summed E-state index contributed by atoms with van der Waals surface area (Å²) in [6.45, 7) is 0.313. The van der Waals surface area contributed by atoms with Crippen LogP contribution in [0.2, 0.25) is 5.02 Å². The predicted octanol–water partition coefficient (Wildman–Crippen LogP) is 5.27. The zero-order chi connectivity index (χ0) is 20.9. The summed E-state index contributed by atoms with van der Waals surface area (Å²) in [6.07, 6.45) is 1.72. The molecule has 0 bridgehead atoms. The molecule has 30 heavy (non-hydrogen) atoms. The summed E-state index contributed by atoms with van der Waals surface area (Å²) in [4.78, 5) is 17.1. The highest BCUT2D eigenvalue weighted by Crippen LogP contribution is 2.31. The highest BCUT2D eigenvalue weighted by atomic mass is 35.5. The first-order valence-electron chi connectivity index (χ1n) is 9.27. The number of benzene rings is 3. The molecule has 0 fully saturated rings. The van der Waals surface area contributed by atoms with Gasteiger partial charge in [0, 0.05) is 16.1 Å². The Morgan fingerprint density at radius 3 is 2.53 bits per heavy atom. The van der Waals surface area contributed by atoms with Crippen LogP contribution in [0.3, 0.4) is 0 Å². The van der Waals surface area contributed by atoms with Gasteiger partial charge in [-0.15, -0.1) is 0 Å². The second-order valence-corrected chi connectivity index (χ2v) is 6.94. The number of ether oxygens (including phenoxy) is 2. The second kappa shape index (κ2) is 8.84. The lowest BCUT2D eigenvalue weighted by molar-refractivity contribution is -0.136. The van der Waals surface area contributed by atoms with Gasteiger partial charge in [0.25, 0.3) is 0 Å². The lowest BCUT2D eigenvalue weighted by Crippen LogP contribution is -2.06. The molecule has 0 unspecified atom stereocenters. The van der Waals surface area contributed by atoms with Crippen LogP contribution in [0.25, 0.3) is 6.08 Å². The fraction of sp³-hybridized carbons (Fsp3) is 0.0833. The third kappa shape index (κ3) is 4.21. The Hall–Kier alpha value is -3.57. The number of methoxy groups -OCH3 is 1. The van der Waals surface area contributed by atoms with Crippen molar-refractivity contribution in [3.8, 4) is 11.5 Å². The molecule has 1 aliphatic heterocycles. The van der Waals surface area contributed by atoms with Crippen molar-refractivity contribution in [2.45, 2.75) is 6.61 Å². The van der Waals surface area contributed by atoms with E-state index in [4.69, 9.17) is 25.9 Å². The third-order valence-corrected chi connectivity index (χ3v) is 4.95. The summed E-state index contributed by atoms with van der Waals surface area (Å²) >= 11 is 6.19. The summed E-state index contributed by atoms with van der Waals surface area (Å²) in [5.41, 5.74) is 3.33. The van der Waals surface area contributed by atoms with Crippen molar-refractivity contribution in [3.63, 3.8) is 0 Å². The largest absolute Gasteiger partial charge is 0.493 e. The number of carbonyl (C=O) groups excluding carboxylic acids is 1. The Kier molecular flexibility index (Phi) is 5.82. The van der Waals surface area contributed by atoms with Gasteiger partial charge in [-0.25, -0.2) is 4.79 Å². The summed E-state index contributed by atoms with van der Waals surface area (Å²) in [6, 6.07) is 22.3. The Morgan fingerprint density at radius 1 is 1.00 bits per heavy atom. The van der Waals surface area contributed by atoms with Crippen LogP contribution in [0.5, 0.6) is 11.5 Å². The molecule has 0 spiro atoms. The minimum Gasteiger partial charge on any atom is -0.493 e. The molecule has 0 saturated heterocycles. The number of oxime groups is 1. The maximum atomic E-state index is 12.2. The molecule has 1 aliphatic rings. The highest BCUT2D eigenvalue weighted by molar-refractivity contribution is 6.31. The molecule has 0 aromatic heterocycles. The van der Waals surface area contributed by atoms with E-state index in [2.05, 4.69) is 5.16 Å². The van der Waals surface area contributed by atoms with Crippen molar-refractivity contribution in [1.82, 2.24) is 0 Å². The second-order valence-electron chi connectivity index (χ2n) is 6.53. The molecule has 5 nitrogen and oxygen atoms in total. The van der Waals surface area contributed by atoms with Crippen molar-refractivity contribution < 1.29 is 19.1 Å². The smallest absolute Gasteiger partial charge is 0.368 e. The van der Waals surface area contributed by atoms with Crippen molar-refractivity contribution in [2.75, 3.05) is 7.11 Å². The molecule has 150 valence electrons. The Balaban J connectivity index is 1.58. The average Bonchev–Trinajstić information content (AvgIpc) is 3.14. The van der Waals surface area contributed by atoms with Crippen molar-refractivity contribution in [2.24, 2.45) is 5.16 Å². The fourth-order valence-corrected chi connectivity index (χ4v) is 3.23. The summed E-state index contributed by atoms with van der Waals surface area (Å²) in [5, 5.41) is 4.57. The Labute approximate surface area is 179 Å².